The van der Waals surface area contributed by atoms with Crippen molar-refractivity contribution < 1.29 is 0 Å². The van der Waals surface area contributed by atoms with Crippen LogP contribution in [-0.2, 0) is 7.05 Å². The van der Waals surface area contributed by atoms with Gasteiger partial charge < -0.3 is 5.32 Å². The van der Waals surface area contributed by atoms with Gasteiger partial charge in [-0.25, -0.2) is 0 Å². The smallest absolute Gasteiger partial charge is 0.0760 e. The summed E-state index contributed by atoms with van der Waals surface area (Å²) in [4.78, 5) is 0. The number of hydrogen-bond acceptors (Lipinski definition) is 2. The van der Waals surface area contributed by atoms with Crippen LogP contribution in [0.5, 0.6) is 0 Å². The molecule has 0 saturated carbocycles. The normalized spacial score (nSPS) is 12.7. The first-order valence-corrected chi connectivity index (χ1v) is 7.24. The minimum atomic E-state index is 0.115. The van der Waals surface area contributed by atoms with Gasteiger partial charge in [0.2, 0.25) is 0 Å². The van der Waals surface area contributed by atoms with Crippen molar-refractivity contribution in [1.82, 2.24) is 15.1 Å². The van der Waals surface area contributed by atoms with Gasteiger partial charge in [-0.3, -0.25) is 4.68 Å². The quantitative estimate of drug-likeness (QED) is 0.892. The second-order valence-electron chi connectivity index (χ2n) is 4.18. The van der Waals surface area contributed by atoms with Gasteiger partial charge in [0.05, 0.1) is 22.4 Å². The van der Waals surface area contributed by atoms with Crippen LogP contribution in [0, 0.1) is 6.92 Å². The standard InChI is InChI=1S/C13H15Br2N3/c1-8-9(5-4-6-10(8)14)12(16-2)13-11(15)7-17-18(13)3/h4-7,12,16H,1-3H3. The number of nitrogens with one attached hydrogen (secondary N) is 1. The molecule has 1 aromatic carbocycles. The van der Waals surface area contributed by atoms with E-state index < -0.39 is 0 Å². The Balaban J connectivity index is 2.56. The summed E-state index contributed by atoms with van der Waals surface area (Å²) in [6.45, 7) is 2.12. The molecule has 0 spiro atoms. The van der Waals surface area contributed by atoms with Crippen molar-refractivity contribution in [2.24, 2.45) is 7.05 Å². The molecule has 18 heavy (non-hydrogen) atoms. The third-order valence-electron chi connectivity index (χ3n) is 3.12. The maximum absolute atomic E-state index is 4.28. The Kier molecular flexibility index (Phi) is 4.25. The highest BCUT2D eigenvalue weighted by atomic mass is 79.9. The number of hydrogen-bond donors (Lipinski definition) is 1. The van der Waals surface area contributed by atoms with E-state index in [-0.39, 0.29) is 6.04 Å². The highest BCUT2D eigenvalue weighted by Gasteiger charge is 2.21. The average Bonchev–Trinajstić information content (AvgIpc) is 2.67. The van der Waals surface area contributed by atoms with E-state index in [0.717, 1.165) is 14.6 Å². The lowest BCUT2D eigenvalue weighted by Gasteiger charge is -2.20. The summed E-state index contributed by atoms with van der Waals surface area (Å²) in [5.41, 5.74) is 3.61. The third-order valence-corrected chi connectivity index (χ3v) is 4.59. The fourth-order valence-corrected chi connectivity index (χ4v) is 3.08. The summed E-state index contributed by atoms with van der Waals surface area (Å²) >= 11 is 7.15. The molecule has 0 aliphatic heterocycles. The Morgan fingerprint density at radius 2 is 2.00 bits per heavy atom. The van der Waals surface area contributed by atoms with Crippen molar-refractivity contribution in [3.05, 3.63) is 50.2 Å². The molecule has 0 bridgehead atoms. The molecular formula is C13H15Br2N3. The van der Waals surface area contributed by atoms with Crippen molar-refractivity contribution >= 4 is 31.9 Å². The van der Waals surface area contributed by atoms with Crippen molar-refractivity contribution in [1.29, 1.82) is 0 Å². The van der Waals surface area contributed by atoms with Crippen LogP contribution < -0.4 is 5.32 Å². The predicted molar refractivity (Wildman–Crippen MR) is 80.7 cm³/mol. The molecule has 2 aromatic rings. The van der Waals surface area contributed by atoms with Crippen LogP contribution in [-0.4, -0.2) is 16.8 Å². The monoisotopic (exact) mass is 371 g/mol. The van der Waals surface area contributed by atoms with Gasteiger partial charge in [-0.2, -0.15) is 5.10 Å². The van der Waals surface area contributed by atoms with Gasteiger partial charge in [-0.15, -0.1) is 0 Å². The highest BCUT2D eigenvalue weighted by Crippen LogP contribution is 2.32. The topological polar surface area (TPSA) is 29.9 Å². The van der Waals surface area contributed by atoms with E-state index in [4.69, 9.17) is 0 Å². The molecule has 3 nitrogen and oxygen atoms in total. The molecule has 0 radical (unpaired) electrons. The lowest BCUT2D eigenvalue weighted by Crippen LogP contribution is -2.22. The van der Waals surface area contributed by atoms with E-state index >= 15 is 0 Å². The number of nitrogens with zero attached hydrogens (tertiary/aromatic N) is 2. The van der Waals surface area contributed by atoms with Crippen LogP contribution in [0.1, 0.15) is 22.9 Å². The summed E-state index contributed by atoms with van der Waals surface area (Å²) in [5.74, 6) is 0. The van der Waals surface area contributed by atoms with Crippen LogP contribution in [0.2, 0.25) is 0 Å². The summed E-state index contributed by atoms with van der Waals surface area (Å²) < 4.78 is 4.04. The Morgan fingerprint density at radius 1 is 1.28 bits per heavy atom. The molecule has 1 unspecified atom stereocenters. The van der Waals surface area contributed by atoms with Crippen molar-refractivity contribution in [2.75, 3.05) is 7.05 Å². The van der Waals surface area contributed by atoms with Crippen LogP contribution >= 0.6 is 31.9 Å². The van der Waals surface area contributed by atoms with Gasteiger partial charge in [0.15, 0.2) is 0 Å². The average molecular weight is 373 g/mol. The molecule has 0 fully saturated rings. The first-order chi connectivity index (χ1) is 8.56. The summed E-state index contributed by atoms with van der Waals surface area (Å²) in [5, 5.41) is 7.64. The van der Waals surface area contributed by atoms with Gasteiger partial charge in [0.25, 0.3) is 0 Å². The molecule has 1 heterocycles. The minimum absolute atomic E-state index is 0.115. The zero-order valence-electron chi connectivity index (χ0n) is 10.5. The molecular weight excluding hydrogens is 358 g/mol. The van der Waals surface area contributed by atoms with Gasteiger partial charge in [-0.1, -0.05) is 28.1 Å². The maximum Gasteiger partial charge on any atom is 0.0760 e. The molecule has 5 heteroatoms. The number of aromatic nitrogens is 2. The molecule has 2 rings (SSSR count). The van der Waals surface area contributed by atoms with E-state index in [2.05, 4.69) is 67.4 Å². The van der Waals surface area contributed by atoms with E-state index in [1.807, 2.05) is 25.0 Å². The predicted octanol–water partition coefficient (Wildman–Crippen LogP) is 3.56. The molecule has 1 atom stereocenters. The Labute approximate surface area is 124 Å². The molecule has 0 aliphatic carbocycles. The Bertz CT molecular complexity index is 544. The zero-order valence-corrected chi connectivity index (χ0v) is 13.7. The second kappa shape index (κ2) is 5.55. The molecule has 0 saturated heterocycles. The van der Waals surface area contributed by atoms with Gasteiger partial charge >= 0.3 is 0 Å². The first-order valence-electron chi connectivity index (χ1n) is 5.66. The maximum atomic E-state index is 4.28. The number of rotatable bonds is 3. The first kappa shape index (κ1) is 13.8. The summed E-state index contributed by atoms with van der Waals surface area (Å²) in [6, 6.07) is 6.37. The molecule has 0 aliphatic rings. The summed E-state index contributed by atoms with van der Waals surface area (Å²) in [7, 11) is 3.92. The SMILES string of the molecule is CNC(c1cccc(Br)c1C)c1c(Br)cnn1C. The Hall–Kier alpha value is -0.650. The van der Waals surface area contributed by atoms with E-state index in [0.29, 0.717) is 0 Å². The lowest BCUT2D eigenvalue weighted by molar-refractivity contribution is 0.601. The van der Waals surface area contributed by atoms with E-state index in [1.54, 1.807) is 0 Å². The fraction of sp³-hybridized carbons (Fsp3) is 0.308. The highest BCUT2D eigenvalue weighted by molar-refractivity contribution is 9.10. The largest absolute Gasteiger partial charge is 0.308 e. The van der Waals surface area contributed by atoms with Crippen LogP contribution in [0.15, 0.2) is 33.3 Å². The second-order valence-corrected chi connectivity index (χ2v) is 5.89. The minimum Gasteiger partial charge on any atom is -0.308 e. The van der Waals surface area contributed by atoms with Crippen LogP contribution in [0.3, 0.4) is 0 Å². The van der Waals surface area contributed by atoms with Crippen molar-refractivity contribution in [3.8, 4) is 0 Å². The number of benzene rings is 1. The lowest BCUT2D eigenvalue weighted by atomic mass is 9.99. The van der Waals surface area contributed by atoms with Gasteiger partial charge in [-0.05, 0) is 47.1 Å². The van der Waals surface area contributed by atoms with Crippen molar-refractivity contribution in [2.45, 2.75) is 13.0 Å². The number of halogens is 2. The van der Waals surface area contributed by atoms with E-state index in [1.165, 1.54) is 11.1 Å². The zero-order chi connectivity index (χ0) is 13.3. The molecule has 1 N–H and O–H groups in total. The molecule has 0 amide bonds. The van der Waals surface area contributed by atoms with Crippen LogP contribution in [0.25, 0.3) is 0 Å². The number of aryl methyl sites for hydroxylation is 1. The Morgan fingerprint density at radius 3 is 2.56 bits per heavy atom. The third kappa shape index (κ3) is 2.39. The fourth-order valence-electron chi connectivity index (χ4n) is 2.12. The van der Waals surface area contributed by atoms with Crippen LogP contribution in [0.4, 0.5) is 0 Å². The molecule has 1 aromatic heterocycles. The summed E-state index contributed by atoms with van der Waals surface area (Å²) in [6.07, 6.45) is 1.83. The van der Waals surface area contributed by atoms with Gasteiger partial charge in [0.1, 0.15) is 0 Å². The van der Waals surface area contributed by atoms with E-state index in [9.17, 15) is 0 Å². The van der Waals surface area contributed by atoms with Gasteiger partial charge in [0, 0.05) is 11.5 Å². The molecule has 96 valence electrons. The van der Waals surface area contributed by atoms with Crippen molar-refractivity contribution in [3.63, 3.8) is 0 Å².